The number of benzene rings is 3. The second-order valence-corrected chi connectivity index (χ2v) is 7.25. The number of fused-ring (bicyclic) bond motifs is 5. The molecule has 0 unspecified atom stereocenters. The Labute approximate surface area is 166 Å². The van der Waals surface area contributed by atoms with Gasteiger partial charge in [-0.15, -0.1) is 0 Å². The molecule has 0 bridgehead atoms. The minimum absolute atomic E-state index is 0.328. The summed E-state index contributed by atoms with van der Waals surface area (Å²) in [5, 5.41) is 1.89. The highest BCUT2D eigenvalue weighted by Crippen LogP contribution is 2.56. The van der Waals surface area contributed by atoms with E-state index in [1.165, 1.54) is 31.4 Å². The summed E-state index contributed by atoms with van der Waals surface area (Å²) < 4.78 is 24.6. The molecule has 0 aliphatic carbocycles. The molecule has 1 saturated heterocycles. The molecule has 1 amide bonds. The van der Waals surface area contributed by atoms with Crippen molar-refractivity contribution in [2.24, 2.45) is 0 Å². The average Bonchev–Trinajstić information content (AvgIpc) is 2.93. The third-order valence-electron chi connectivity index (χ3n) is 5.92. The van der Waals surface area contributed by atoms with Crippen molar-refractivity contribution >= 4 is 22.6 Å². The molecule has 2 aliphatic rings. The van der Waals surface area contributed by atoms with Crippen LogP contribution in [0.3, 0.4) is 0 Å². The van der Waals surface area contributed by atoms with Crippen LogP contribution in [0, 0.1) is 5.82 Å². The SMILES string of the molecule is COC(=O)[C@]1(c2ccc(F)cc2)C(=O)N2CCOc3ccc4ccccc4c3[C@@H]21. The molecule has 146 valence electrons. The smallest absolute Gasteiger partial charge is 0.328 e. The Hall–Kier alpha value is -3.41. The number of carbonyl (C=O) groups is 2. The van der Waals surface area contributed by atoms with Crippen molar-refractivity contribution in [3.63, 3.8) is 0 Å². The number of amides is 1. The van der Waals surface area contributed by atoms with Gasteiger partial charge in [-0.1, -0.05) is 42.5 Å². The molecule has 2 aliphatic heterocycles. The predicted octanol–water partition coefficient (Wildman–Crippen LogP) is 3.37. The first-order valence-electron chi connectivity index (χ1n) is 9.39. The van der Waals surface area contributed by atoms with E-state index in [0.29, 0.717) is 24.5 Å². The highest BCUT2D eigenvalue weighted by molar-refractivity contribution is 6.15. The van der Waals surface area contributed by atoms with Gasteiger partial charge in [-0.3, -0.25) is 9.59 Å². The lowest BCUT2D eigenvalue weighted by Crippen LogP contribution is -2.70. The monoisotopic (exact) mass is 391 g/mol. The number of methoxy groups -OCH3 is 1. The van der Waals surface area contributed by atoms with Gasteiger partial charge in [0.25, 0.3) is 0 Å². The lowest BCUT2D eigenvalue weighted by atomic mass is 9.63. The maximum absolute atomic E-state index is 13.6. The maximum Gasteiger partial charge on any atom is 0.328 e. The Morgan fingerprint density at radius 3 is 2.66 bits per heavy atom. The summed E-state index contributed by atoms with van der Waals surface area (Å²) in [5.41, 5.74) is -0.387. The van der Waals surface area contributed by atoms with Crippen molar-refractivity contribution in [1.29, 1.82) is 0 Å². The zero-order valence-electron chi connectivity index (χ0n) is 15.7. The molecule has 5 nitrogen and oxygen atoms in total. The van der Waals surface area contributed by atoms with Gasteiger partial charge in [0.15, 0.2) is 5.41 Å². The molecule has 29 heavy (non-hydrogen) atoms. The molecule has 1 fully saturated rings. The minimum atomic E-state index is -1.57. The second kappa shape index (κ2) is 6.30. The van der Waals surface area contributed by atoms with Crippen LogP contribution in [0.5, 0.6) is 5.75 Å². The van der Waals surface area contributed by atoms with Crippen LogP contribution < -0.4 is 4.74 Å². The number of halogens is 1. The quantitative estimate of drug-likeness (QED) is 0.382. The number of esters is 1. The van der Waals surface area contributed by atoms with Crippen molar-refractivity contribution in [3.8, 4) is 5.75 Å². The summed E-state index contributed by atoms with van der Waals surface area (Å²) in [6, 6.07) is 16.5. The molecule has 0 aromatic heterocycles. The fraction of sp³-hybridized carbons (Fsp3) is 0.217. The molecule has 5 rings (SSSR count). The van der Waals surface area contributed by atoms with Crippen LogP contribution in [-0.4, -0.2) is 37.0 Å². The second-order valence-electron chi connectivity index (χ2n) is 7.25. The Balaban J connectivity index is 1.82. The molecule has 2 heterocycles. The van der Waals surface area contributed by atoms with Crippen LogP contribution in [0.15, 0.2) is 60.7 Å². The largest absolute Gasteiger partial charge is 0.491 e. The lowest BCUT2D eigenvalue weighted by Gasteiger charge is -2.53. The third kappa shape index (κ3) is 2.26. The van der Waals surface area contributed by atoms with Crippen molar-refractivity contribution < 1.29 is 23.5 Å². The molecular weight excluding hydrogens is 373 g/mol. The Morgan fingerprint density at radius 1 is 1.14 bits per heavy atom. The van der Waals surface area contributed by atoms with Gasteiger partial charge in [-0.2, -0.15) is 0 Å². The van der Waals surface area contributed by atoms with Crippen molar-refractivity contribution in [2.45, 2.75) is 11.5 Å². The highest BCUT2D eigenvalue weighted by atomic mass is 19.1. The Kier molecular flexibility index (Phi) is 3.84. The normalized spacial score (nSPS) is 22.8. The summed E-state index contributed by atoms with van der Waals surface area (Å²) in [4.78, 5) is 28.2. The van der Waals surface area contributed by atoms with Gasteiger partial charge in [-0.05, 0) is 34.5 Å². The number of hydrogen-bond donors (Lipinski definition) is 0. The first-order valence-corrected chi connectivity index (χ1v) is 9.39. The number of ether oxygens (including phenoxy) is 2. The summed E-state index contributed by atoms with van der Waals surface area (Å²) in [7, 11) is 1.26. The Morgan fingerprint density at radius 2 is 1.90 bits per heavy atom. The molecule has 2 atom stereocenters. The van der Waals surface area contributed by atoms with Gasteiger partial charge in [0.1, 0.15) is 18.2 Å². The van der Waals surface area contributed by atoms with E-state index >= 15 is 0 Å². The fourth-order valence-corrected chi connectivity index (χ4v) is 4.64. The number of nitrogens with zero attached hydrogens (tertiary/aromatic N) is 1. The van der Waals surface area contributed by atoms with Crippen LogP contribution >= 0.6 is 0 Å². The van der Waals surface area contributed by atoms with Crippen molar-refractivity contribution in [1.82, 2.24) is 4.90 Å². The van der Waals surface area contributed by atoms with E-state index in [0.717, 1.165) is 16.3 Å². The number of hydrogen-bond acceptors (Lipinski definition) is 4. The highest BCUT2D eigenvalue weighted by Gasteiger charge is 2.69. The maximum atomic E-state index is 13.6. The number of β-lactam (4-membered cyclic amide) rings is 1. The van der Waals surface area contributed by atoms with E-state index in [1.807, 2.05) is 36.4 Å². The van der Waals surface area contributed by atoms with E-state index in [9.17, 15) is 14.0 Å². The standard InChI is InChI=1S/C23H18FNO4/c1-28-22(27)23(15-7-9-16(24)10-8-15)20-19-17-5-3-2-4-14(17)6-11-18(19)29-13-12-25(20)21(23)26/h2-11,20H,12-13H2,1H3/t20-,23+/m1/s1. The van der Waals surface area contributed by atoms with E-state index in [-0.39, 0.29) is 5.91 Å². The van der Waals surface area contributed by atoms with Crippen LogP contribution in [0.4, 0.5) is 4.39 Å². The summed E-state index contributed by atoms with van der Waals surface area (Å²) in [6.07, 6.45) is 0. The molecule has 6 heteroatoms. The van der Waals surface area contributed by atoms with E-state index in [1.54, 1.807) is 4.90 Å². The van der Waals surface area contributed by atoms with Crippen molar-refractivity contribution in [2.75, 3.05) is 20.3 Å². The molecule has 3 aromatic rings. The predicted molar refractivity (Wildman–Crippen MR) is 104 cm³/mol. The molecule has 0 saturated carbocycles. The van der Waals surface area contributed by atoms with Gasteiger partial charge in [0.2, 0.25) is 5.91 Å². The van der Waals surface area contributed by atoms with Crippen molar-refractivity contribution in [3.05, 3.63) is 77.6 Å². The number of rotatable bonds is 2. The summed E-state index contributed by atoms with van der Waals surface area (Å²) in [6.45, 7) is 0.681. The number of carbonyl (C=O) groups excluding carboxylic acids is 2. The molecule has 0 N–H and O–H groups in total. The van der Waals surface area contributed by atoms with Gasteiger partial charge >= 0.3 is 5.97 Å². The van der Waals surface area contributed by atoms with Crippen LogP contribution in [-0.2, 0) is 19.7 Å². The zero-order valence-corrected chi connectivity index (χ0v) is 15.7. The lowest BCUT2D eigenvalue weighted by molar-refractivity contribution is -0.177. The van der Waals surface area contributed by atoms with E-state index in [2.05, 4.69) is 0 Å². The fourth-order valence-electron chi connectivity index (χ4n) is 4.64. The van der Waals surface area contributed by atoms with Crippen LogP contribution in [0.25, 0.3) is 10.8 Å². The summed E-state index contributed by atoms with van der Waals surface area (Å²) >= 11 is 0. The zero-order chi connectivity index (χ0) is 20.2. The third-order valence-corrected chi connectivity index (χ3v) is 5.92. The molecular formula is C23H18FNO4. The summed E-state index contributed by atoms with van der Waals surface area (Å²) in [5.74, 6) is -0.812. The Bertz CT molecular complexity index is 1140. The first-order chi connectivity index (χ1) is 14.1. The topological polar surface area (TPSA) is 55.8 Å². The van der Waals surface area contributed by atoms with Crippen LogP contribution in [0.2, 0.25) is 0 Å². The van der Waals surface area contributed by atoms with Crippen LogP contribution in [0.1, 0.15) is 17.2 Å². The molecule has 0 radical (unpaired) electrons. The average molecular weight is 391 g/mol. The van der Waals surface area contributed by atoms with Gasteiger partial charge in [0, 0.05) is 5.56 Å². The molecule has 3 aromatic carbocycles. The van der Waals surface area contributed by atoms with Gasteiger partial charge < -0.3 is 14.4 Å². The van der Waals surface area contributed by atoms with Gasteiger partial charge in [0.05, 0.1) is 19.7 Å². The minimum Gasteiger partial charge on any atom is -0.491 e. The van der Waals surface area contributed by atoms with E-state index in [4.69, 9.17) is 9.47 Å². The van der Waals surface area contributed by atoms with E-state index < -0.39 is 23.2 Å². The first kappa shape index (κ1) is 17.7. The van der Waals surface area contributed by atoms with Gasteiger partial charge in [-0.25, -0.2) is 4.39 Å². The molecule has 0 spiro atoms.